The Hall–Kier alpha value is -2.92. The van der Waals surface area contributed by atoms with Gasteiger partial charge in [-0.1, -0.05) is 41.9 Å². The molecule has 3 aromatic heterocycles. The molecule has 25 heavy (non-hydrogen) atoms. The number of pyridine rings is 2. The van der Waals surface area contributed by atoms with E-state index in [4.69, 9.17) is 11.6 Å². The summed E-state index contributed by atoms with van der Waals surface area (Å²) in [6, 6.07) is 15.2. The standard InChI is InChI=1S/C19H15ClN4O/c20-19-16-13-24(22-17(16)8-9-21-19)12-15-6-4-14(5-7-15)11-23-10-2-1-3-18(23)25/h1-10,13H,11-12H2. The van der Waals surface area contributed by atoms with Gasteiger partial charge in [-0.25, -0.2) is 4.98 Å². The van der Waals surface area contributed by atoms with Crippen molar-refractivity contribution in [3.05, 3.63) is 93.8 Å². The van der Waals surface area contributed by atoms with Crippen molar-refractivity contribution >= 4 is 22.5 Å². The van der Waals surface area contributed by atoms with Gasteiger partial charge >= 0.3 is 0 Å². The zero-order valence-electron chi connectivity index (χ0n) is 13.3. The molecule has 0 aliphatic rings. The quantitative estimate of drug-likeness (QED) is 0.530. The molecule has 5 nitrogen and oxygen atoms in total. The molecule has 124 valence electrons. The Balaban J connectivity index is 1.52. The molecule has 0 aliphatic carbocycles. The Morgan fingerprint density at radius 2 is 1.72 bits per heavy atom. The van der Waals surface area contributed by atoms with E-state index in [0.29, 0.717) is 18.2 Å². The van der Waals surface area contributed by atoms with Crippen molar-refractivity contribution in [3.63, 3.8) is 0 Å². The number of benzene rings is 1. The summed E-state index contributed by atoms with van der Waals surface area (Å²) in [6.45, 7) is 1.21. The van der Waals surface area contributed by atoms with Crippen LogP contribution in [0.2, 0.25) is 5.15 Å². The lowest BCUT2D eigenvalue weighted by molar-refractivity contribution is 0.694. The molecule has 1 aromatic carbocycles. The molecule has 4 aromatic rings. The van der Waals surface area contributed by atoms with Gasteiger partial charge in [0.1, 0.15) is 5.15 Å². The summed E-state index contributed by atoms with van der Waals surface area (Å²) in [5.41, 5.74) is 3.04. The van der Waals surface area contributed by atoms with E-state index in [1.807, 2.05) is 35.1 Å². The molecule has 0 unspecified atom stereocenters. The molecule has 0 amide bonds. The Kier molecular flexibility index (Phi) is 4.07. The fraction of sp³-hybridized carbons (Fsp3) is 0.105. The van der Waals surface area contributed by atoms with Crippen LogP contribution in [-0.4, -0.2) is 19.3 Å². The molecule has 3 heterocycles. The molecule has 0 fully saturated rings. The minimum atomic E-state index is 0.000274. The monoisotopic (exact) mass is 350 g/mol. The summed E-state index contributed by atoms with van der Waals surface area (Å²) >= 11 is 6.09. The third kappa shape index (κ3) is 3.32. The molecule has 0 aliphatic heterocycles. The number of fused-ring (bicyclic) bond motifs is 1. The highest BCUT2D eigenvalue weighted by Gasteiger charge is 2.06. The molecule has 0 N–H and O–H groups in total. The number of hydrogen-bond donors (Lipinski definition) is 0. The van der Waals surface area contributed by atoms with Gasteiger partial charge in [0.25, 0.3) is 5.56 Å². The first-order chi connectivity index (χ1) is 12.2. The third-order valence-electron chi connectivity index (χ3n) is 4.05. The molecule has 0 spiro atoms. The zero-order valence-corrected chi connectivity index (χ0v) is 14.1. The number of rotatable bonds is 4. The van der Waals surface area contributed by atoms with Crippen molar-refractivity contribution in [2.75, 3.05) is 0 Å². The number of aromatic nitrogens is 4. The molecular weight excluding hydrogens is 336 g/mol. The number of halogens is 1. The van der Waals surface area contributed by atoms with E-state index in [1.54, 1.807) is 29.1 Å². The van der Waals surface area contributed by atoms with Crippen LogP contribution in [0, 0.1) is 0 Å². The van der Waals surface area contributed by atoms with Crippen molar-refractivity contribution in [3.8, 4) is 0 Å². The van der Waals surface area contributed by atoms with Crippen molar-refractivity contribution in [2.24, 2.45) is 0 Å². The average Bonchev–Trinajstić information content (AvgIpc) is 3.03. The van der Waals surface area contributed by atoms with E-state index in [0.717, 1.165) is 22.0 Å². The fourth-order valence-corrected chi connectivity index (χ4v) is 2.97. The van der Waals surface area contributed by atoms with Crippen LogP contribution in [0.4, 0.5) is 0 Å². The van der Waals surface area contributed by atoms with Crippen molar-refractivity contribution in [2.45, 2.75) is 13.1 Å². The maximum absolute atomic E-state index is 11.8. The van der Waals surface area contributed by atoms with Gasteiger partial charge in [0.2, 0.25) is 0 Å². The van der Waals surface area contributed by atoms with Crippen LogP contribution in [0.3, 0.4) is 0 Å². The van der Waals surface area contributed by atoms with Crippen LogP contribution in [0.1, 0.15) is 11.1 Å². The second-order valence-electron chi connectivity index (χ2n) is 5.84. The highest BCUT2D eigenvalue weighted by atomic mass is 35.5. The van der Waals surface area contributed by atoms with Crippen molar-refractivity contribution in [1.29, 1.82) is 0 Å². The fourth-order valence-electron chi connectivity index (χ4n) is 2.77. The lowest BCUT2D eigenvalue weighted by Crippen LogP contribution is -2.18. The smallest absolute Gasteiger partial charge is 0.250 e. The second kappa shape index (κ2) is 6.53. The Labute approximate surface area is 149 Å². The molecule has 0 bridgehead atoms. The van der Waals surface area contributed by atoms with E-state index >= 15 is 0 Å². The Morgan fingerprint density at radius 1 is 0.960 bits per heavy atom. The highest BCUT2D eigenvalue weighted by Crippen LogP contribution is 2.20. The normalized spacial score (nSPS) is 11.1. The lowest BCUT2D eigenvalue weighted by atomic mass is 10.1. The molecule has 0 atom stereocenters. The summed E-state index contributed by atoms with van der Waals surface area (Å²) in [6.07, 6.45) is 5.35. The first kappa shape index (κ1) is 15.6. The summed E-state index contributed by atoms with van der Waals surface area (Å²) < 4.78 is 3.54. The zero-order chi connectivity index (χ0) is 17.2. The molecule has 4 rings (SSSR count). The van der Waals surface area contributed by atoms with E-state index < -0.39 is 0 Å². The first-order valence-electron chi connectivity index (χ1n) is 7.90. The van der Waals surface area contributed by atoms with Gasteiger partial charge in [-0.15, -0.1) is 0 Å². The molecule has 0 saturated heterocycles. The van der Waals surface area contributed by atoms with Crippen LogP contribution < -0.4 is 5.56 Å². The summed E-state index contributed by atoms with van der Waals surface area (Å²) in [5, 5.41) is 5.83. The minimum absolute atomic E-state index is 0.000274. The SMILES string of the molecule is O=c1ccccn1Cc1ccc(Cn2cc3c(Cl)nccc3n2)cc1. The molecule has 0 radical (unpaired) electrons. The molecule has 0 saturated carbocycles. The Morgan fingerprint density at radius 3 is 2.44 bits per heavy atom. The molecular formula is C19H15ClN4O. The maximum atomic E-state index is 11.8. The highest BCUT2D eigenvalue weighted by molar-refractivity contribution is 6.34. The van der Waals surface area contributed by atoms with Gasteiger partial charge in [0.05, 0.1) is 24.0 Å². The van der Waals surface area contributed by atoms with Gasteiger partial charge in [0, 0.05) is 24.7 Å². The van der Waals surface area contributed by atoms with Gasteiger partial charge in [-0.2, -0.15) is 5.10 Å². The van der Waals surface area contributed by atoms with Gasteiger partial charge in [-0.05, 0) is 23.3 Å². The lowest BCUT2D eigenvalue weighted by Gasteiger charge is -2.07. The topological polar surface area (TPSA) is 52.7 Å². The Bertz CT molecular complexity index is 1080. The average molecular weight is 351 g/mol. The van der Waals surface area contributed by atoms with E-state index in [-0.39, 0.29) is 5.56 Å². The van der Waals surface area contributed by atoms with E-state index in [1.165, 1.54) is 0 Å². The third-order valence-corrected chi connectivity index (χ3v) is 4.35. The van der Waals surface area contributed by atoms with E-state index in [9.17, 15) is 4.79 Å². The van der Waals surface area contributed by atoms with E-state index in [2.05, 4.69) is 22.2 Å². The predicted octanol–water partition coefficient (Wildman–Crippen LogP) is 3.34. The van der Waals surface area contributed by atoms with Crippen LogP contribution >= 0.6 is 11.6 Å². The van der Waals surface area contributed by atoms with Gasteiger partial charge in [-0.3, -0.25) is 9.48 Å². The minimum Gasteiger partial charge on any atom is -0.311 e. The first-order valence-corrected chi connectivity index (χ1v) is 8.28. The van der Waals surface area contributed by atoms with Crippen molar-refractivity contribution in [1.82, 2.24) is 19.3 Å². The predicted molar refractivity (Wildman–Crippen MR) is 97.9 cm³/mol. The van der Waals surface area contributed by atoms with Crippen molar-refractivity contribution < 1.29 is 0 Å². The van der Waals surface area contributed by atoms with Crippen LogP contribution in [0.25, 0.3) is 10.9 Å². The molecule has 6 heteroatoms. The largest absolute Gasteiger partial charge is 0.311 e. The van der Waals surface area contributed by atoms with Gasteiger partial charge < -0.3 is 4.57 Å². The van der Waals surface area contributed by atoms with Crippen LogP contribution in [0.5, 0.6) is 0 Å². The van der Waals surface area contributed by atoms with Gasteiger partial charge in [0.15, 0.2) is 0 Å². The maximum Gasteiger partial charge on any atom is 0.250 e. The summed E-state index contributed by atoms with van der Waals surface area (Å²) in [4.78, 5) is 15.9. The number of hydrogen-bond acceptors (Lipinski definition) is 3. The van der Waals surface area contributed by atoms with Crippen LogP contribution in [0.15, 0.2) is 71.9 Å². The second-order valence-corrected chi connectivity index (χ2v) is 6.20. The van der Waals surface area contributed by atoms with Crippen LogP contribution in [-0.2, 0) is 13.1 Å². The summed E-state index contributed by atoms with van der Waals surface area (Å²) in [5.74, 6) is 0. The summed E-state index contributed by atoms with van der Waals surface area (Å²) in [7, 11) is 0. The number of nitrogens with zero attached hydrogens (tertiary/aromatic N) is 4.